The molecular formula is C21H20FNO4S. The van der Waals surface area contributed by atoms with Gasteiger partial charge in [0.05, 0.1) is 4.90 Å². The zero-order valence-corrected chi connectivity index (χ0v) is 16.6. The Morgan fingerprint density at radius 3 is 2.46 bits per heavy atom. The first-order valence-corrected chi connectivity index (χ1v) is 10.5. The minimum Gasteiger partial charge on any atom is -0.485 e. The molecule has 0 aliphatic heterocycles. The second kappa shape index (κ2) is 7.59. The summed E-state index contributed by atoms with van der Waals surface area (Å²) >= 11 is 0. The van der Waals surface area contributed by atoms with E-state index in [-0.39, 0.29) is 23.1 Å². The predicted molar refractivity (Wildman–Crippen MR) is 105 cm³/mol. The molecule has 0 saturated heterocycles. The van der Waals surface area contributed by atoms with Crippen molar-refractivity contribution in [2.75, 3.05) is 12.9 Å². The van der Waals surface area contributed by atoms with Gasteiger partial charge in [0.1, 0.15) is 11.6 Å². The Hall–Kier alpha value is -2.93. The van der Waals surface area contributed by atoms with E-state index in [4.69, 9.17) is 4.74 Å². The van der Waals surface area contributed by atoms with E-state index < -0.39 is 9.84 Å². The van der Waals surface area contributed by atoms with Crippen LogP contribution in [0.3, 0.4) is 0 Å². The third kappa shape index (κ3) is 4.14. The van der Waals surface area contributed by atoms with Gasteiger partial charge in [0.2, 0.25) is 5.78 Å². The average Bonchev–Trinajstić information content (AvgIpc) is 2.93. The maximum atomic E-state index is 13.6. The molecule has 0 fully saturated rings. The van der Waals surface area contributed by atoms with E-state index in [9.17, 15) is 17.6 Å². The molecule has 28 heavy (non-hydrogen) atoms. The minimum absolute atomic E-state index is 0.127. The number of sulfone groups is 1. The summed E-state index contributed by atoms with van der Waals surface area (Å²) in [5, 5.41) is 0. The van der Waals surface area contributed by atoms with Crippen LogP contribution in [0.5, 0.6) is 5.75 Å². The normalized spacial score (nSPS) is 11.4. The van der Waals surface area contributed by atoms with Crippen molar-refractivity contribution in [3.63, 3.8) is 0 Å². The van der Waals surface area contributed by atoms with E-state index >= 15 is 0 Å². The molecule has 0 aliphatic carbocycles. The van der Waals surface area contributed by atoms with Gasteiger partial charge in [-0.2, -0.15) is 0 Å². The van der Waals surface area contributed by atoms with Gasteiger partial charge in [-0.3, -0.25) is 4.79 Å². The Bertz CT molecular complexity index is 1150. The van der Waals surface area contributed by atoms with Crippen LogP contribution < -0.4 is 4.74 Å². The molecule has 2 aromatic carbocycles. The highest BCUT2D eigenvalue weighted by atomic mass is 32.2. The number of ketones is 1. The van der Waals surface area contributed by atoms with Gasteiger partial charge in [-0.1, -0.05) is 12.1 Å². The molecule has 0 radical (unpaired) electrons. The Kier molecular flexibility index (Phi) is 5.38. The monoisotopic (exact) mass is 401 g/mol. The number of rotatable bonds is 6. The average molecular weight is 401 g/mol. The zero-order chi connectivity index (χ0) is 20.5. The van der Waals surface area contributed by atoms with Crippen LogP contribution in [0.1, 0.15) is 21.7 Å². The van der Waals surface area contributed by atoms with Gasteiger partial charge in [-0.25, -0.2) is 12.8 Å². The number of aromatic nitrogens is 1. The maximum Gasteiger partial charge on any atom is 0.202 e. The van der Waals surface area contributed by atoms with Crippen LogP contribution in [0.25, 0.3) is 5.69 Å². The summed E-state index contributed by atoms with van der Waals surface area (Å²) in [6.45, 7) is 3.39. The van der Waals surface area contributed by atoms with Crippen LogP contribution in [0.4, 0.5) is 4.39 Å². The molecule has 0 bridgehead atoms. The Labute approximate surface area is 163 Å². The minimum atomic E-state index is -3.36. The molecular weight excluding hydrogens is 381 g/mol. The Morgan fingerprint density at radius 2 is 1.79 bits per heavy atom. The number of hydrogen-bond acceptors (Lipinski definition) is 4. The van der Waals surface area contributed by atoms with Crippen LogP contribution in [-0.4, -0.2) is 31.6 Å². The summed E-state index contributed by atoms with van der Waals surface area (Å²) in [6, 6.07) is 13.9. The van der Waals surface area contributed by atoms with Crippen LogP contribution in [-0.2, 0) is 9.84 Å². The molecule has 0 unspecified atom stereocenters. The lowest BCUT2D eigenvalue weighted by molar-refractivity contribution is 0.0920. The fourth-order valence-electron chi connectivity index (χ4n) is 3.08. The van der Waals surface area contributed by atoms with E-state index in [2.05, 4.69) is 0 Å². The van der Waals surface area contributed by atoms with Crippen molar-refractivity contribution in [1.29, 1.82) is 0 Å². The summed E-state index contributed by atoms with van der Waals surface area (Å²) in [4.78, 5) is 12.8. The second-order valence-corrected chi connectivity index (χ2v) is 8.57. The highest BCUT2D eigenvalue weighted by Gasteiger charge is 2.18. The van der Waals surface area contributed by atoms with Crippen molar-refractivity contribution in [1.82, 2.24) is 4.57 Å². The summed E-state index contributed by atoms with van der Waals surface area (Å²) in [5.41, 5.74) is 2.59. The van der Waals surface area contributed by atoms with Crippen LogP contribution >= 0.6 is 0 Å². The van der Waals surface area contributed by atoms with Gasteiger partial charge in [-0.15, -0.1) is 0 Å². The zero-order valence-electron chi connectivity index (χ0n) is 15.8. The third-order valence-electron chi connectivity index (χ3n) is 4.40. The van der Waals surface area contributed by atoms with Gasteiger partial charge in [0, 0.05) is 28.9 Å². The fraction of sp³-hybridized carbons (Fsp3) is 0.190. The van der Waals surface area contributed by atoms with Crippen molar-refractivity contribution < 1.29 is 22.3 Å². The van der Waals surface area contributed by atoms with Gasteiger partial charge in [0.15, 0.2) is 16.4 Å². The number of nitrogens with zero attached hydrogens (tertiary/aromatic N) is 1. The van der Waals surface area contributed by atoms with Crippen LogP contribution in [0.2, 0.25) is 0 Å². The number of carbonyl (C=O) groups excluding carboxylic acids is 1. The van der Waals surface area contributed by atoms with Crippen molar-refractivity contribution in [2.45, 2.75) is 18.7 Å². The smallest absolute Gasteiger partial charge is 0.202 e. The number of Topliss-reactive ketones (excluding diaryl/α,β-unsaturated/α-hetero) is 1. The van der Waals surface area contributed by atoms with Crippen LogP contribution in [0.15, 0.2) is 59.5 Å². The fourth-order valence-corrected chi connectivity index (χ4v) is 3.73. The molecule has 5 nitrogen and oxygen atoms in total. The molecule has 0 spiro atoms. The first kappa shape index (κ1) is 19.8. The first-order valence-electron chi connectivity index (χ1n) is 8.58. The highest BCUT2D eigenvalue weighted by Crippen LogP contribution is 2.23. The van der Waals surface area contributed by atoms with Gasteiger partial charge < -0.3 is 9.30 Å². The van der Waals surface area contributed by atoms with E-state index in [0.717, 1.165) is 11.9 Å². The predicted octanol–water partition coefficient (Wildman–Crippen LogP) is 3.90. The van der Waals surface area contributed by atoms with Crippen molar-refractivity contribution in [3.05, 3.63) is 77.4 Å². The summed E-state index contributed by atoms with van der Waals surface area (Å²) in [5.74, 6) is -0.303. The molecule has 146 valence electrons. The largest absolute Gasteiger partial charge is 0.485 e. The molecule has 0 atom stereocenters. The molecule has 0 N–H and O–H groups in total. The Balaban J connectivity index is 1.82. The van der Waals surface area contributed by atoms with Crippen molar-refractivity contribution in [3.8, 4) is 11.4 Å². The molecule has 0 saturated carbocycles. The molecule has 0 amide bonds. The number of hydrogen-bond donors (Lipinski definition) is 0. The maximum absolute atomic E-state index is 13.6. The van der Waals surface area contributed by atoms with Crippen LogP contribution in [0, 0.1) is 19.7 Å². The number of carbonyl (C=O) groups is 1. The molecule has 3 aromatic rings. The quantitative estimate of drug-likeness (QED) is 0.588. The standard InChI is InChI=1S/C21H20FNO4S/c1-14-10-20(15(2)23(14)17-7-4-6-16(22)11-17)21(24)13-27-18-8-5-9-19(12-18)28(3,25)26/h4-12H,13H2,1-3H3. The topological polar surface area (TPSA) is 65.4 Å². The number of aryl methyl sites for hydroxylation is 1. The molecule has 3 rings (SSSR count). The Morgan fingerprint density at radius 1 is 1.07 bits per heavy atom. The lowest BCUT2D eigenvalue weighted by atomic mass is 10.1. The number of ether oxygens (including phenoxy) is 1. The van der Waals surface area contributed by atoms with E-state index in [1.165, 1.54) is 24.3 Å². The van der Waals surface area contributed by atoms with Gasteiger partial charge >= 0.3 is 0 Å². The molecule has 7 heteroatoms. The number of benzene rings is 2. The van der Waals surface area contributed by atoms with Crippen molar-refractivity contribution in [2.24, 2.45) is 0 Å². The van der Waals surface area contributed by atoms with Crippen molar-refractivity contribution >= 4 is 15.6 Å². The summed E-state index contributed by atoms with van der Waals surface area (Å²) < 4.78 is 44.1. The number of halogens is 1. The van der Waals surface area contributed by atoms with E-state index in [1.807, 2.05) is 6.92 Å². The van der Waals surface area contributed by atoms with E-state index in [1.54, 1.807) is 41.8 Å². The summed E-state index contributed by atoms with van der Waals surface area (Å²) in [6.07, 6.45) is 1.11. The van der Waals surface area contributed by atoms with E-state index in [0.29, 0.717) is 22.7 Å². The second-order valence-electron chi connectivity index (χ2n) is 6.56. The third-order valence-corrected chi connectivity index (χ3v) is 5.51. The highest BCUT2D eigenvalue weighted by molar-refractivity contribution is 7.90. The van der Waals surface area contributed by atoms with Gasteiger partial charge in [-0.05, 0) is 56.3 Å². The SMILES string of the molecule is Cc1cc(C(=O)COc2cccc(S(C)(=O)=O)c2)c(C)n1-c1cccc(F)c1. The first-order chi connectivity index (χ1) is 13.2. The summed E-state index contributed by atoms with van der Waals surface area (Å²) in [7, 11) is -3.36. The lowest BCUT2D eigenvalue weighted by Gasteiger charge is -2.10. The lowest BCUT2D eigenvalue weighted by Crippen LogP contribution is -2.13. The van der Waals surface area contributed by atoms with Gasteiger partial charge in [0.25, 0.3) is 0 Å². The molecule has 0 aliphatic rings. The molecule has 1 heterocycles. The molecule has 1 aromatic heterocycles.